The molecule has 0 bridgehead atoms. The zero-order chi connectivity index (χ0) is 8.81. The Morgan fingerprint density at radius 1 is 1.42 bits per heavy atom. The summed E-state index contributed by atoms with van der Waals surface area (Å²) in [5.74, 6) is 0. The highest BCUT2D eigenvalue weighted by molar-refractivity contribution is 5.34. The molecule has 0 heterocycles. The van der Waals surface area contributed by atoms with Gasteiger partial charge in [0.25, 0.3) is 0 Å². The average Bonchev–Trinajstić information content (AvgIpc) is 2.06. The lowest BCUT2D eigenvalue weighted by atomic mass is 9.95. The minimum atomic E-state index is 1.20. The van der Waals surface area contributed by atoms with Crippen molar-refractivity contribution in [3.8, 4) is 0 Å². The number of hydrogen-bond acceptors (Lipinski definition) is 0. The van der Waals surface area contributed by atoms with Gasteiger partial charge in [-0.25, -0.2) is 0 Å². The fourth-order valence-electron chi connectivity index (χ4n) is 1.51. The maximum atomic E-state index is 3.70. The monoisotopic (exact) mass is 160 g/mol. The van der Waals surface area contributed by atoms with Crippen molar-refractivity contribution in [1.29, 1.82) is 0 Å². The van der Waals surface area contributed by atoms with Gasteiger partial charge < -0.3 is 0 Å². The van der Waals surface area contributed by atoms with E-state index in [2.05, 4.69) is 37.8 Å². The third-order valence-electron chi connectivity index (χ3n) is 2.01. The second-order valence-corrected chi connectivity index (χ2v) is 3.05. The predicted octanol–water partition coefficient (Wildman–Crippen LogP) is 3.79. The fourth-order valence-corrected chi connectivity index (χ4v) is 1.51. The second-order valence-electron chi connectivity index (χ2n) is 3.05. The van der Waals surface area contributed by atoms with Crippen molar-refractivity contribution in [3.63, 3.8) is 0 Å². The molecule has 0 unspecified atom stereocenters. The topological polar surface area (TPSA) is 0 Å². The highest BCUT2D eigenvalue weighted by Crippen LogP contribution is 2.22. The Morgan fingerprint density at radius 2 is 2.25 bits per heavy atom. The summed E-state index contributed by atoms with van der Waals surface area (Å²) in [5.41, 5.74) is 2.85. The molecule has 0 heteroatoms. The van der Waals surface area contributed by atoms with Crippen LogP contribution in [0, 0.1) is 0 Å². The molecule has 0 radical (unpaired) electrons. The summed E-state index contributed by atoms with van der Waals surface area (Å²) in [6, 6.07) is 0. The highest BCUT2D eigenvalue weighted by atomic mass is 14.1. The molecule has 0 saturated carbocycles. The minimum Gasteiger partial charge on any atom is -0.0991 e. The van der Waals surface area contributed by atoms with Crippen LogP contribution >= 0.6 is 0 Å². The van der Waals surface area contributed by atoms with Gasteiger partial charge in [0.1, 0.15) is 0 Å². The summed E-state index contributed by atoms with van der Waals surface area (Å²) in [6.07, 6.45) is 14.2. The van der Waals surface area contributed by atoms with E-state index < -0.39 is 0 Å². The van der Waals surface area contributed by atoms with Gasteiger partial charge in [-0.3, -0.25) is 0 Å². The van der Waals surface area contributed by atoms with Crippen molar-refractivity contribution in [3.05, 3.63) is 48.1 Å². The molecule has 0 amide bonds. The van der Waals surface area contributed by atoms with E-state index in [-0.39, 0.29) is 0 Å². The van der Waals surface area contributed by atoms with Gasteiger partial charge in [-0.2, -0.15) is 0 Å². The zero-order valence-corrected chi connectivity index (χ0v) is 7.72. The predicted molar refractivity (Wildman–Crippen MR) is 55.0 cm³/mol. The third kappa shape index (κ3) is 2.54. The largest absolute Gasteiger partial charge is 0.0991 e. The molecule has 1 rings (SSSR count). The van der Waals surface area contributed by atoms with Crippen molar-refractivity contribution >= 4 is 0 Å². The van der Waals surface area contributed by atoms with Gasteiger partial charge in [0.15, 0.2) is 0 Å². The third-order valence-corrected chi connectivity index (χ3v) is 2.01. The summed E-state index contributed by atoms with van der Waals surface area (Å²) in [4.78, 5) is 0. The van der Waals surface area contributed by atoms with Crippen LogP contribution in [0.5, 0.6) is 0 Å². The Kier molecular flexibility index (Phi) is 3.59. The maximum absolute atomic E-state index is 3.70. The Balaban J connectivity index is 2.76. The lowest BCUT2D eigenvalue weighted by Gasteiger charge is -2.11. The Morgan fingerprint density at radius 3 is 2.92 bits per heavy atom. The molecule has 0 aromatic heterocycles. The molecule has 0 aromatic rings. The molecular weight excluding hydrogens is 144 g/mol. The average molecular weight is 160 g/mol. The van der Waals surface area contributed by atoms with Gasteiger partial charge in [-0.1, -0.05) is 37.0 Å². The molecule has 64 valence electrons. The van der Waals surface area contributed by atoms with Crippen LogP contribution in [0.15, 0.2) is 48.1 Å². The summed E-state index contributed by atoms with van der Waals surface area (Å²) in [5, 5.41) is 0. The van der Waals surface area contributed by atoms with Gasteiger partial charge in [-0.15, -0.1) is 0 Å². The minimum absolute atomic E-state index is 1.20. The SMILES string of the molecule is C=C/C=C1C=C(/C=C\C)CCC\1. The standard InChI is InChI=1S/C12H16/c1-3-6-11-8-5-9-12(10-11)7-4-2/h3-4,6-7,10H,1,5,8-9H2,2H3/b7-4-,11-6-. The smallest absolute Gasteiger partial charge is 0.0276 e. The van der Waals surface area contributed by atoms with E-state index in [1.54, 1.807) is 0 Å². The number of allylic oxidation sites excluding steroid dienone is 7. The van der Waals surface area contributed by atoms with Crippen molar-refractivity contribution in [2.24, 2.45) is 0 Å². The Labute approximate surface area is 75.0 Å². The van der Waals surface area contributed by atoms with E-state index in [9.17, 15) is 0 Å². The molecule has 0 aromatic carbocycles. The van der Waals surface area contributed by atoms with Crippen molar-refractivity contribution in [2.75, 3.05) is 0 Å². The molecule has 0 saturated heterocycles. The van der Waals surface area contributed by atoms with E-state index in [4.69, 9.17) is 0 Å². The van der Waals surface area contributed by atoms with Gasteiger partial charge in [0.2, 0.25) is 0 Å². The van der Waals surface area contributed by atoms with Crippen molar-refractivity contribution in [2.45, 2.75) is 26.2 Å². The van der Waals surface area contributed by atoms with Gasteiger partial charge >= 0.3 is 0 Å². The van der Waals surface area contributed by atoms with E-state index in [0.717, 1.165) is 0 Å². The van der Waals surface area contributed by atoms with Crippen LogP contribution in [-0.2, 0) is 0 Å². The quantitative estimate of drug-likeness (QED) is 0.576. The first-order valence-electron chi connectivity index (χ1n) is 4.51. The second kappa shape index (κ2) is 4.76. The molecule has 0 atom stereocenters. The first-order valence-corrected chi connectivity index (χ1v) is 4.51. The van der Waals surface area contributed by atoms with E-state index >= 15 is 0 Å². The first-order chi connectivity index (χ1) is 5.86. The Hall–Kier alpha value is -1.04. The van der Waals surface area contributed by atoms with Crippen molar-refractivity contribution < 1.29 is 0 Å². The summed E-state index contributed by atoms with van der Waals surface area (Å²) in [7, 11) is 0. The molecular formula is C12H16. The summed E-state index contributed by atoms with van der Waals surface area (Å²) >= 11 is 0. The molecule has 12 heavy (non-hydrogen) atoms. The van der Waals surface area contributed by atoms with E-state index in [1.165, 1.54) is 30.4 Å². The van der Waals surface area contributed by atoms with Crippen LogP contribution in [0.2, 0.25) is 0 Å². The zero-order valence-electron chi connectivity index (χ0n) is 7.72. The number of hydrogen-bond donors (Lipinski definition) is 0. The van der Waals surface area contributed by atoms with Crippen LogP contribution in [0.4, 0.5) is 0 Å². The van der Waals surface area contributed by atoms with Crippen LogP contribution in [0.25, 0.3) is 0 Å². The molecule has 0 nitrogen and oxygen atoms in total. The molecule has 0 N–H and O–H groups in total. The van der Waals surface area contributed by atoms with Crippen LogP contribution < -0.4 is 0 Å². The van der Waals surface area contributed by atoms with Gasteiger partial charge in [0.05, 0.1) is 0 Å². The molecule has 0 spiro atoms. The summed E-state index contributed by atoms with van der Waals surface area (Å²) < 4.78 is 0. The lowest BCUT2D eigenvalue weighted by Crippen LogP contribution is -1.91. The van der Waals surface area contributed by atoms with Crippen LogP contribution in [-0.4, -0.2) is 0 Å². The van der Waals surface area contributed by atoms with Crippen LogP contribution in [0.1, 0.15) is 26.2 Å². The van der Waals surface area contributed by atoms with Crippen LogP contribution in [0.3, 0.4) is 0 Å². The van der Waals surface area contributed by atoms with E-state index in [0.29, 0.717) is 0 Å². The normalized spacial score (nSPS) is 21.4. The maximum Gasteiger partial charge on any atom is -0.0276 e. The molecule has 1 aliphatic rings. The lowest BCUT2D eigenvalue weighted by molar-refractivity contribution is 0.797. The molecule has 1 aliphatic carbocycles. The van der Waals surface area contributed by atoms with Gasteiger partial charge in [-0.05, 0) is 37.3 Å². The van der Waals surface area contributed by atoms with Gasteiger partial charge in [0, 0.05) is 0 Å². The molecule has 0 fully saturated rings. The van der Waals surface area contributed by atoms with E-state index in [1.807, 2.05) is 6.08 Å². The first kappa shape index (κ1) is 9.05. The fraction of sp³-hybridized carbons (Fsp3) is 0.333. The molecule has 0 aliphatic heterocycles. The summed E-state index contributed by atoms with van der Waals surface area (Å²) in [6.45, 7) is 5.76. The highest BCUT2D eigenvalue weighted by Gasteiger charge is 2.03. The Bertz CT molecular complexity index is 239. The number of rotatable bonds is 2. The van der Waals surface area contributed by atoms with Crippen molar-refractivity contribution in [1.82, 2.24) is 0 Å².